The molecule has 0 aromatic rings. The first kappa shape index (κ1) is 15.2. The van der Waals surface area contributed by atoms with E-state index in [-0.39, 0.29) is 12.8 Å². The monoisotopic (exact) mass is 242 g/mol. The van der Waals surface area contributed by atoms with Crippen molar-refractivity contribution in [3.63, 3.8) is 0 Å². The number of carbonyl (C=O) groups excluding carboxylic acids is 1. The second kappa shape index (κ2) is 6.74. The van der Waals surface area contributed by atoms with Gasteiger partial charge in [0.05, 0.1) is 12.5 Å². The van der Waals surface area contributed by atoms with E-state index < -0.39 is 23.7 Å². The van der Waals surface area contributed by atoms with Crippen molar-refractivity contribution in [3.05, 3.63) is 0 Å². The van der Waals surface area contributed by atoms with Gasteiger partial charge in [-0.2, -0.15) is 5.26 Å². The molecule has 0 aliphatic carbocycles. The number of carbonyl (C=O) groups is 2. The lowest BCUT2D eigenvalue weighted by molar-refractivity contribution is -0.137. The molecule has 0 aliphatic rings. The molecule has 0 saturated heterocycles. The number of nitriles is 1. The second-order valence-corrected chi connectivity index (χ2v) is 4.64. The molecule has 2 N–H and O–H groups in total. The molecule has 0 aliphatic heterocycles. The average molecular weight is 242 g/mol. The maximum absolute atomic E-state index is 11.4. The minimum Gasteiger partial charge on any atom is -0.481 e. The summed E-state index contributed by atoms with van der Waals surface area (Å²) >= 11 is 0. The van der Waals surface area contributed by atoms with E-state index >= 15 is 0 Å². The van der Waals surface area contributed by atoms with Gasteiger partial charge in [-0.1, -0.05) is 0 Å². The fraction of sp³-hybridized carbons (Fsp3) is 0.727. The minimum atomic E-state index is -1.02. The molecule has 17 heavy (non-hydrogen) atoms. The van der Waals surface area contributed by atoms with Gasteiger partial charge in [-0.05, 0) is 27.2 Å². The van der Waals surface area contributed by atoms with Crippen LogP contribution in [0.15, 0.2) is 0 Å². The average Bonchev–Trinajstić information content (AvgIpc) is 2.09. The lowest BCUT2D eigenvalue weighted by Gasteiger charge is -2.22. The smallest absolute Gasteiger partial charge is 0.407 e. The standard InChI is InChI=1S/C11H18N2O4/c1-11(2,3)17-10(16)13-8(5-4-6-12)7-9(14)15/h8H,4-5,7H2,1-3H3,(H,13,16)(H,14,15). The van der Waals surface area contributed by atoms with Crippen molar-refractivity contribution >= 4 is 12.1 Å². The fourth-order valence-corrected chi connectivity index (χ4v) is 1.15. The quantitative estimate of drug-likeness (QED) is 0.763. The van der Waals surface area contributed by atoms with Crippen LogP contribution in [0, 0.1) is 11.3 Å². The number of nitrogens with zero attached hydrogens (tertiary/aromatic N) is 1. The molecule has 6 nitrogen and oxygen atoms in total. The van der Waals surface area contributed by atoms with Gasteiger partial charge in [0.15, 0.2) is 0 Å². The first-order chi connectivity index (χ1) is 7.74. The van der Waals surface area contributed by atoms with Crippen LogP contribution in [0.4, 0.5) is 4.79 Å². The number of carboxylic acids is 1. The Balaban J connectivity index is 4.27. The Morgan fingerprint density at radius 1 is 1.47 bits per heavy atom. The largest absolute Gasteiger partial charge is 0.481 e. The van der Waals surface area contributed by atoms with Crippen LogP contribution in [0.25, 0.3) is 0 Å². The van der Waals surface area contributed by atoms with Gasteiger partial charge in [0, 0.05) is 12.5 Å². The highest BCUT2D eigenvalue weighted by Gasteiger charge is 2.20. The van der Waals surface area contributed by atoms with Crippen LogP contribution >= 0.6 is 0 Å². The highest BCUT2D eigenvalue weighted by Crippen LogP contribution is 2.08. The summed E-state index contributed by atoms with van der Waals surface area (Å²) < 4.78 is 5.00. The number of carboxylic acid groups (broad SMARTS) is 1. The third-order valence-corrected chi connectivity index (χ3v) is 1.75. The molecule has 0 aromatic heterocycles. The van der Waals surface area contributed by atoms with Gasteiger partial charge < -0.3 is 15.2 Å². The summed E-state index contributed by atoms with van der Waals surface area (Å²) in [7, 11) is 0. The predicted molar refractivity (Wildman–Crippen MR) is 60.3 cm³/mol. The zero-order valence-corrected chi connectivity index (χ0v) is 10.3. The van der Waals surface area contributed by atoms with Crippen molar-refractivity contribution in [1.29, 1.82) is 5.26 Å². The van der Waals surface area contributed by atoms with Crippen LogP contribution in [0.1, 0.15) is 40.0 Å². The molecule has 6 heteroatoms. The summed E-state index contributed by atoms with van der Waals surface area (Å²) in [5.74, 6) is -1.02. The Kier molecular flexibility index (Phi) is 6.03. The summed E-state index contributed by atoms with van der Waals surface area (Å²) in [5, 5.41) is 19.5. The summed E-state index contributed by atoms with van der Waals surface area (Å²) in [6.45, 7) is 5.15. The number of nitrogens with one attached hydrogen (secondary N) is 1. The molecule has 0 fully saturated rings. The summed E-state index contributed by atoms with van der Waals surface area (Å²) in [6, 6.07) is 1.33. The zero-order chi connectivity index (χ0) is 13.5. The van der Waals surface area contributed by atoms with Gasteiger partial charge in [0.1, 0.15) is 5.60 Å². The van der Waals surface area contributed by atoms with E-state index in [0.29, 0.717) is 6.42 Å². The molecule has 0 spiro atoms. The molecule has 1 amide bonds. The SMILES string of the molecule is CC(C)(C)OC(=O)NC(CCC#N)CC(=O)O. The molecule has 0 radical (unpaired) electrons. The predicted octanol–water partition coefficient (Wildman–Crippen LogP) is 1.66. The summed E-state index contributed by atoms with van der Waals surface area (Å²) in [5.41, 5.74) is -0.632. The van der Waals surface area contributed by atoms with Gasteiger partial charge in [-0.15, -0.1) is 0 Å². The molecular weight excluding hydrogens is 224 g/mol. The highest BCUT2D eigenvalue weighted by atomic mass is 16.6. The first-order valence-electron chi connectivity index (χ1n) is 5.33. The maximum atomic E-state index is 11.4. The highest BCUT2D eigenvalue weighted by molar-refractivity contribution is 5.71. The van der Waals surface area contributed by atoms with E-state index in [9.17, 15) is 9.59 Å². The first-order valence-corrected chi connectivity index (χ1v) is 5.33. The molecule has 1 unspecified atom stereocenters. The van der Waals surface area contributed by atoms with Crippen molar-refractivity contribution < 1.29 is 19.4 Å². The Labute approximate surface area is 101 Å². The van der Waals surface area contributed by atoms with Crippen molar-refractivity contribution in [2.75, 3.05) is 0 Å². The zero-order valence-electron chi connectivity index (χ0n) is 10.3. The van der Waals surface area contributed by atoms with Crippen LogP contribution in [-0.4, -0.2) is 28.8 Å². The Morgan fingerprint density at radius 3 is 2.47 bits per heavy atom. The molecule has 0 aromatic carbocycles. The third kappa shape index (κ3) is 9.18. The van der Waals surface area contributed by atoms with Crippen molar-refractivity contribution in [2.24, 2.45) is 0 Å². The number of aliphatic carboxylic acids is 1. The number of alkyl carbamates (subject to hydrolysis) is 1. The van der Waals surface area contributed by atoms with Gasteiger partial charge in [0.25, 0.3) is 0 Å². The van der Waals surface area contributed by atoms with Crippen molar-refractivity contribution in [1.82, 2.24) is 5.32 Å². The maximum Gasteiger partial charge on any atom is 0.407 e. The number of ether oxygens (including phenoxy) is 1. The van der Waals surface area contributed by atoms with Crippen LogP contribution in [-0.2, 0) is 9.53 Å². The lowest BCUT2D eigenvalue weighted by atomic mass is 10.1. The molecule has 0 bridgehead atoms. The third-order valence-electron chi connectivity index (χ3n) is 1.75. The molecule has 0 heterocycles. The number of hydrogen-bond acceptors (Lipinski definition) is 4. The van der Waals surface area contributed by atoms with E-state index in [4.69, 9.17) is 15.1 Å². The number of amides is 1. The van der Waals surface area contributed by atoms with Gasteiger partial charge in [-0.25, -0.2) is 4.79 Å². The fourth-order valence-electron chi connectivity index (χ4n) is 1.15. The van der Waals surface area contributed by atoms with Crippen molar-refractivity contribution in [2.45, 2.75) is 51.7 Å². The second-order valence-electron chi connectivity index (χ2n) is 4.64. The topological polar surface area (TPSA) is 99.4 Å². The van der Waals surface area contributed by atoms with Crippen LogP contribution in [0.3, 0.4) is 0 Å². The summed E-state index contributed by atoms with van der Waals surface area (Å²) in [4.78, 5) is 22.0. The van der Waals surface area contributed by atoms with E-state index in [1.54, 1.807) is 20.8 Å². The van der Waals surface area contributed by atoms with E-state index in [1.165, 1.54) is 0 Å². The minimum absolute atomic E-state index is 0.188. The molecule has 1 atom stereocenters. The normalized spacial score (nSPS) is 12.4. The lowest BCUT2D eigenvalue weighted by Crippen LogP contribution is -2.40. The van der Waals surface area contributed by atoms with Crippen LogP contribution in [0.2, 0.25) is 0 Å². The Bertz CT molecular complexity index is 314. The van der Waals surface area contributed by atoms with E-state index in [2.05, 4.69) is 5.32 Å². The Hall–Kier alpha value is -1.77. The van der Waals surface area contributed by atoms with Gasteiger partial charge >= 0.3 is 12.1 Å². The number of rotatable bonds is 5. The Morgan fingerprint density at radius 2 is 2.06 bits per heavy atom. The van der Waals surface area contributed by atoms with Crippen LogP contribution in [0.5, 0.6) is 0 Å². The van der Waals surface area contributed by atoms with Crippen LogP contribution < -0.4 is 5.32 Å². The molecular formula is C11H18N2O4. The van der Waals surface area contributed by atoms with E-state index in [1.807, 2.05) is 6.07 Å². The molecule has 96 valence electrons. The summed E-state index contributed by atoms with van der Waals surface area (Å²) in [6.07, 6.45) is -0.404. The number of hydrogen-bond donors (Lipinski definition) is 2. The van der Waals surface area contributed by atoms with E-state index in [0.717, 1.165) is 0 Å². The molecule has 0 saturated carbocycles. The van der Waals surface area contributed by atoms with Crippen molar-refractivity contribution in [3.8, 4) is 6.07 Å². The van der Waals surface area contributed by atoms with Gasteiger partial charge in [-0.3, -0.25) is 4.79 Å². The molecule has 0 rings (SSSR count). The van der Waals surface area contributed by atoms with Gasteiger partial charge in [0.2, 0.25) is 0 Å².